The second-order valence-electron chi connectivity index (χ2n) is 2.73. The summed E-state index contributed by atoms with van der Waals surface area (Å²) < 4.78 is 0. The van der Waals surface area contributed by atoms with Crippen LogP contribution in [-0.2, 0) is 0 Å². The second-order valence-corrected chi connectivity index (χ2v) is 2.73. The lowest BCUT2D eigenvalue weighted by Gasteiger charge is -2.28. The van der Waals surface area contributed by atoms with Crippen LogP contribution in [-0.4, -0.2) is 30.6 Å². The van der Waals surface area contributed by atoms with Crippen molar-refractivity contribution in [2.45, 2.75) is 25.8 Å². The quantitative estimate of drug-likeness (QED) is 0.510. The normalized spacial score (nSPS) is 30.7. The van der Waals surface area contributed by atoms with Crippen molar-refractivity contribution in [2.75, 3.05) is 19.6 Å². The number of nitrogens with one attached hydrogen (secondary N) is 1. The summed E-state index contributed by atoms with van der Waals surface area (Å²) in [4.78, 5) is 2.35. The van der Waals surface area contributed by atoms with Crippen LogP contribution in [0.25, 0.3) is 0 Å². The smallest absolute Gasteiger partial charge is 0.0340 e. The van der Waals surface area contributed by atoms with E-state index in [0.717, 1.165) is 19.5 Å². The molecule has 2 nitrogen and oxygen atoms in total. The number of piperidine rings is 1. The van der Waals surface area contributed by atoms with Gasteiger partial charge in [0.05, 0.1) is 0 Å². The molecule has 0 aliphatic carbocycles. The first-order chi connectivity index (χ1) is 4.33. The van der Waals surface area contributed by atoms with Gasteiger partial charge < -0.3 is 4.90 Å². The summed E-state index contributed by atoms with van der Waals surface area (Å²) in [6.45, 7) is 5.50. The number of likely N-dealkylation sites (N-methyl/N-ethyl adjacent to an activating group) is 1. The zero-order valence-corrected chi connectivity index (χ0v) is 6.06. The van der Waals surface area contributed by atoms with Crippen LogP contribution < -0.4 is 5.73 Å². The fourth-order valence-electron chi connectivity index (χ4n) is 1.34. The van der Waals surface area contributed by atoms with Gasteiger partial charge in [-0.2, -0.15) is 0 Å². The minimum absolute atomic E-state index is 0.193. The van der Waals surface area contributed by atoms with E-state index in [-0.39, 0.29) is 6.04 Å². The van der Waals surface area contributed by atoms with Gasteiger partial charge in [0.1, 0.15) is 0 Å². The number of hydrogen-bond donors (Lipinski definition) is 0. The van der Waals surface area contributed by atoms with Crippen LogP contribution in [0.3, 0.4) is 0 Å². The summed E-state index contributed by atoms with van der Waals surface area (Å²) >= 11 is 0. The van der Waals surface area contributed by atoms with E-state index in [4.69, 9.17) is 5.73 Å². The Morgan fingerprint density at radius 2 is 2.44 bits per heavy atom. The zero-order valence-electron chi connectivity index (χ0n) is 6.06. The van der Waals surface area contributed by atoms with Crippen LogP contribution in [0.5, 0.6) is 0 Å². The van der Waals surface area contributed by atoms with E-state index in [1.807, 2.05) is 0 Å². The van der Waals surface area contributed by atoms with E-state index < -0.39 is 0 Å². The summed E-state index contributed by atoms with van der Waals surface area (Å²) in [5.41, 5.74) is 7.46. The average molecular weight is 127 g/mol. The van der Waals surface area contributed by atoms with Gasteiger partial charge in [0, 0.05) is 12.6 Å². The minimum atomic E-state index is 0.193. The second kappa shape index (κ2) is 3.18. The van der Waals surface area contributed by atoms with Crippen molar-refractivity contribution in [3.63, 3.8) is 0 Å². The molecule has 2 heteroatoms. The molecule has 1 saturated heterocycles. The Morgan fingerprint density at radius 3 is 2.89 bits per heavy atom. The molecule has 1 rings (SSSR count). The first-order valence-electron chi connectivity index (χ1n) is 3.76. The van der Waals surface area contributed by atoms with E-state index in [0.29, 0.717) is 0 Å². The van der Waals surface area contributed by atoms with Crippen molar-refractivity contribution in [3.05, 3.63) is 0 Å². The molecule has 9 heavy (non-hydrogen) atoms. The fraction of sp³-hybridized carbons (Fsp3) is 1.00. The Kier molecular flexibility index (Phi) is 2.49. The topological polar surface area (TPSA) is 27.0 Å². The van der Waals surface area contributed by atoms with Crippen LogP contribution in [0.15, 0.2) is 0 Å². The van der Waals surface area contributed by atoms with Crippen molar-refractivity contribution in [1.82, 2.24) is 10.6 Å². The summed E-state index contributed by atoms with van der Waals surface area (Å²) in [5, 5.41) is 0. The highest BCUT2D eigenvalue weighted by molar-refractivity contribution is 4.72. The van der Waals surface area contributed by atoms with Crippen LogP contribution >= 0.6 is 0 Å². The fourth-order valence-corrected chi connectivity index (χ4v) is 1.34. The Morgan fingerprint density at radius 1 is 1.67 bits per heavy atom. The Labute approximate surface area is 57.0 Å². The molecule has 0 bridgehead atoms. The minimum Gasteiger partial charge on any atom is -0.302 e. The van der Waals surface area contributed by atoms with Crippen LogP contribution in [0.2, 0.25) is 0 Å². The van der Waals surface area contributed by atoms with Crippen molar-refractivity contribution < 1.29 is 0 Å². The lowest BCUT2D eigenvalue weighted by molar-refractivity contribution is 0.216. The van der Waals surface area contributed by atoms with E-state index in [2.05, 4.69) is 11.8 Å². The monoisotopic (exact) mass is 127 g/mol. The molecule has 0 aromatic heterocycles. The third-order valence-corrected chi connectivity index (χ3v) is 1.95. The number of likely N-dealkylation sites (tertiary alicyclic amines) is 1. The molecule has 1 fully saturated rings. The highest BCUT2D eigenvalue weighted by Crippen LogP contribution is 2.07. The number of rotatable bonds is 1. The molecule has 1 atom stereocenters. The van der Waals surface area contributed by atoms with Gasteiger partial charge >= 0.3 is 0 Å². The van der Waals surface area contributed by atoms with Gasteiger partial charge in [-0.05, 0) is 25.9 Å². The predicted octanol–water partition coefficient (Wildman–Crippen LogP) is 0.754. The maximum atomic E-state index is 7.46. The number of nitrogens with zero attached hydrogens (tertiary/aromatic N) is 1. The largest absolute Gasteiger partial charge is 0.302 e. The van der Waals surface area contributed by atoms with Crippen molar-refractivity contribution in [2.24, 2.45) is 0 Å². The average Bonchev–Trinajstić information content (AvgIpc) is 1.88. The van der Waals surface area contributed by atoms with Gasteiger partial charge in [-0.3, -0.25) is 5.73 Å². The summed E-state index contributed by atoms with van der Waals surface area (Å²) in [5.74, 6) is 0. The first kappa shape index (κ1) is 7.03. The van der Waals surface area contributed by atoms with Crippen molar-refractivity contribution >= 4 is 0 Å². The first-order valence-corrected chi connectivity index (χ1v) is 3.76. The van der Waals surface area contributed by atoms with Gasteiger partial charge in [0.25, 0.3) is 0 Å². The molecule has 0 aromatic rings. The molecule has 53 valence electrons. The maximum Gasteiger partial charge on any atom is 0.0340 e. The zero-order chi connectivity index (χ0) is 6.69. The lowest BCUT2D eigenvalue weighted by atomic mass is 10.1. The van der Waals surface area contributed by atoms with Crippen LogP contribution in [0.1, 0.15) is 19.8 Å². The third kappa shape index (κ3) is 1.95. The molecular weight excluding hydrogens is 112 g/mol. The number of hydrogen-bond acceptors (Lipinski definition) is 1. The Bertz CT molecular complexity index is 83.0. The van der Waals surface area contributed by atoms with E-state index in [1.165, 1.54) is 13.0 Å². The molecule has 1 N–H and O–H groups in total. The highest BCUT2D eigenvalue weighted by Gasteiger charge is 2.14. The van der Waals surface area contributed by atoms with Gasteiger partial charge in [0.2, 0.25) is 0 Å². The van der Waals surface area contributed by atoms with Gasteiger partial charge in [0.15, 0.2) is 0 Å². The van der Waals surface area contributed by atoms with Crippen molar-refractivity contribution in [1.29, 1.82) is 0 Å². The molecule has 0 aromatic carbocycles. The van der Waals surface area contributed by atoms with Crippen LogP contribution in [0.4, 0.5) is 0 Å². The summed E-state index contributed by atoms with van der Waals surface area (Å²) in [6.07, 6.45) is 2.33. The Hall–Kier alpha value is -0.0800. The molecule has 0 amide bonds. The maximum absolute atomic E-state index is 7.46. The van der Waals surface area contributed by atoms with E-state index in [1.54, 1.807) is 0 Å². The molecule has 1 aliphatic heterocycles. The van der Waals surface area contributed by atoms with Crippen molar-refractivity contribution in [3.8, 4) is 0 Å². The lowest BCUT2D eigenvalue weighted by Crippen LogP contribution is -2.38. The summed E-state index contributed by atoms with van der Waals surface area (Å²) in [6, 6.07) is 0.193. The van der Waals surface area contributed by atoms with Gasteiger partial charge in [-0.25, -0.2) is 0 Å². The predicted molar refractivity (Wildman–Crippen MR) is 38.2 cm³/mol. The molecule has 1 radical (unpaired) electrons. The SMILES string of the molecule is CCN1CCCC([NH])C1. The molecule has 1 unspecified atom stereocenters. The Balaban J connectivity index is 2.23. The standard InChI is InChI=1S/C7H15N2/c1-2-9-5-3-4-7(8)6-9/h7-8H,2-6H2,1H3. The van der Waals surface area contributed by atoms with Crippen LogP contribution in [0, 0.1) is 0 Å². The highest BCUT2D eigenvalue weighted by atomic mass is 15.1. The third-order valence-electron chi connectivity index (χ3n) is 1.95. The van der Waals surface area contributed by atoms with Gasteiger partial charge in [-0.15, -0.1) is 0 Å². The van der Waals surface area contributed by atoms with E-state index in [9.17, 15) is 0 Å². The van der Waals surface area contributed by atoms with Gasteiger partial charge in [-0.1, -0.05) is 6.92 Å². The van der Waals surface area contributed by atoms with E-state index >= 15 is 0 Å². The summed E-state index contributed by atoms with van der Waals surface area (Å²) in [7, 11) is 0. The molecule has 0 spiro atoms. The molecule has 1 aliphatic rings. The molecule has 0 saturated carbocycles. The molecule has 1 heterocycles. The molecular formula is C7H15N2.